The summed E-state index contributed by atoms with van der Waals surface area (Å²) in [7, 11) is 0. The van der Waals surface area contributed by atoms with E-state index in [1.807, 2.05) is 18.2 Å². The van der Waals surface area contributed by atoms with Gasteiger partial charge in [0.15, 0.2) is 0 Å². The molecule has 0 atom stereocenters. The van der Waals surface area contributed by atoms with Crippen LogP contribution in [0.3, 0.4) is 0 Å². The topological polar surface area (TPSA) is 38.3 Å². The van der Waals surface area contributed by atoms with Gasteiger partial charge in [0.05, 0.1) is 6.42 Å². The Morgan fingerprint density at radius 2 is 2.00 bits per heavy atom. The van der Waals surface area contributed by atoms with E-state index in [0.29, 0.717) is 18.0 Å². The van der Waals surface area contributed by atoms with Gasteiger partial charge in [0.2, 0.25) is 0 Å². The van der Waals surface area contributed by atoms with Crippen molar-refractivity contribution in [2.24, 2.45) is 0 Å². The first kappa shape index (κ1) is 15.0. The minimum absolute atomic E-state index is 0.0169. The molecule has 1 aromatic rings. The first-order chi connectivity index (χ1) is 8.38. The van der Waals surface area contributed by atoms with Gasteiger partial charge in [-0.3, -0.25) is 4.79 Å². The highest BCUT2D eigenvalue weighted by molar-refractivity contribution is 6.31. The standard InChI is InChI=1S/C14H20ClNO2/c1-14(2,3)16-9-8-13(17)18-10-11-6-4-5-7-12(11)15/h4-7,16H,8-10H2,1-3H3. The van der Waals surface area contributed by atoms with Crippen LogP contribution in [0.5, 0.6) is 0 Å². The molecular weight excluding hydrogens is 250 g/mol. The van der Waals surface area contributed by atoms with Crippen molar-refractivity contribution in [1.82, 2.24) is 5.32 Å². The molecular formula is C14H20ClNO2. The Bertz CT molecular complexity index is 399. The van der Waals surface area contributed by atoms with E-state index >= 15 is 0 Å². The normalized spacial score (nSPS) is 11.3. The van der Waals surface area contributed by atoms with Crippen LogP contribution in [-0.4, -0.2) is 18.1 Å². The third kappa shape index (κ3) is 6.03. The van der Waals surface area contributed by atoms with Crippen molar-refractivity contribution in [1.29, 1.82) is 0 Å². The molecule has 0 spiro atoms. The van der Waals surface area contributed by atoms with E-state index in [0.717, 1.165) is 5.56 Å². The smallest absolute Gasteiger partial charge is 0.307 e. The van der Waals surface area contributed by atoms with Gasteiger partial charge in [-0.2, -0.15) is 0 Å². The van der Waals surface area contributed by atoms with Crippen molar-refractivity contribution in [2.45, 2.75) is 39.3 Å². The molecule has 100 valence electrons. The Morgan fingerprint density at radius 3 is 2.61 bits per heavy atom. The zero-order valence-electron chi connectivity index (χ0n) is 11.1. The van der Waals surface area contributed by atoms with Gasteiger partial charge in [-0.25, -0.2) is 0 Å². The Labute approximate surface area is 113 Å². The van der Waals surface area contributed by atoms with E-state index in [1.165, 1.54) is 0 Å². The first-order valence-electron chi connectivity index (χ1n) is 6.02. The average molecular weight is 270 g/mol. The molecule has 0 heterocycles. The summed E-state index contributed by atoms with van der Waals surface area (Å²) in [6.45, 7) is 7.02. The second kappa shape index (κ2) is 6.76. The monoisotopic (exact) mass is 269 g/mol. The third-order valence-electron chi connectivity index (χ3n) is 2.33. The first-order valence-corrected chi connectivity index (χ1v) is 6.40. The number of ether oxygens (including phenoxy) is 1. The van der Waals surface area contributed by atoms with Gasteiger partial charge >= 0.3 is 5.97 Å². The van der Waals surface area contributed by atoms with Crippen LogP contribution in [-0.2, 0) is 16.1 Å². The van der Waals surface area contributed by atoms with Gasteiger partial charge in [-0.1, -0.05) is 29.8 Å². The molecule has 0 aliphatic rings. The van der Waals surface area contributed by atoms with Crippen LogP contribution in [0.2, 0.25) is 5.02 Å². The van der Waals surface area contributed by atoms with Gasteiger partial charge in [-0.15, -0.1) is 0 Å². The lowest BCUT2D eigenvalue weighted by atomic mass is 10.1. The molecule has 0 bridgehead atoms. The van der Waals surface area contributed by atoms with Gasteiger partial charge in [-0.05, 0) is 26.8 Å². The second-order valence-electron chi connectivity index (χ2n) is 5.18. The molecule has 3 nitrogen and oxygen atoms in total. The number of hydrogen-bond acceptors (Lipinski definition) is 3. The summed E-state index contributed by atoms with van der Waals surface area (Å²) < 4.78 is 5.16. The fourth-order valence-corrected chi connectivity index (χ4v) is 1.58. The lowest BCUT2D eigenvalue weighted by Gasteiger charge is -2.19. The maximum atomic E-state index is 11.5. The van der Waals surface area contributed by atoms with Crippen LogP contribution >= 0.6 is 11.6 Å². The van der Waals surface area contributed by atoms with E-state index in [9.17, 15) is 4.79 Å². The van der Waals surface area contributed by atoms with Gasteiger partial charge in [0, 0.05) is 22.7 Å². The maximum absolute atomic E-state index is 11.5. The predicted octanol–water partition coefficient (Wildman–Crippen LogP) is 3.16. The molecule has 1 N–H and O–H groups in total. The molecule has 0 saturated carbocycles. The Hall–Kier alpha value is -1.06. The van der Waals surface area contributed by atoms with Gasteiger partial charge in [0.25, 0.3) is 0 Å². The number of benzene rings is 1. The van der Waals surface area contributed by atoms with Crippen molar-refractivity contribution in [3.8, 4) is 0 Å². The van der Waals surface area contributed by atoms with Crippen molar-refractivity contribution < 1.29 is 9.53 Å². The lowest BCUT2D eigenvalue weighted by molar-refractivity contribution is -0.144. The zero-order chi connectivity index (χ0) is 13.6. The lowest BCUT2D eigenvalue weighted by Crippen LogP contribution is -2.37. The number of carbonyl (C=O) groups is 1. The summed E-state index contributed by atoms with van der Waals surface area (Å²) in [5, 5.41) is 3.86. The maximum Gasteiger partial charge on any atom is 0.307 e. The molecule has 0 unspecified atom stereocenters. The number of carbonyl (C=O) groups excluding carboxylic acids is 1. The quantitative estimate of drug-likeness (QED) is 0.835. The number of halogens is 1. The molecule has 0 fully saturated rings. The van der Waals surface area contributed by atoms with Crippen LogP contribution in [0.15, 0.2) is 24.3 Å². The van der Waals surface area contributed by atoms with E-state index in [4.69, 9.17) is 16.3 Å². The second-order valence-corrected chi connectivity index (χ2v) is 5.59. The fraction of sp³-hybridized carbons (Fsp3) is 0.500. The van der Waals surface area contributed by atoms with E-state index in [2.05, 4.69) is 26.1 Å². The van der Waals surface area contributed by atoms with Gasteiger partial charge < -0.3 is 10.1 Å². The molecule has 1 aromatic carbocycles. The average Bonchev–Trinajstić information content (AvgIpc) is 2.26. The number of nitrogens with one attached hydrogen (secondary N) is 1. The Morgan fingerprint density at radius 1 is 1.33 bits per heavy atom. The number of esters is 1. The molecule has 0 amide bonds. The third-order valence-corrected chi connectivity index (χ3v) is 2.70. The van der Waals surface area contributed by atoms with E-state index < -0.39 is 0 Å². The summed E-state index contributed by atoms with van der Waals surface area (Å²) in [5.74, 6) is -0.216. The highest BCUT2D eigenvalue weighted by Crippen LogP contribution is 2.15. The minimum Gasteiger partial charge on any atom is -0.461 e. The van der Waals surface area contributed by atoms with Crippen LogP contribution in [0.1, 0.15) is 32.8 Å². The summed E-state index contributed by atoms with van der Waals surface area (Å²) in [5.41, 5.74) is 0.847. The van der Waals surface area contributed by atoms with Crippen LogP contribution < -0.4 is 5.32 Å². The molecule has 0 aliphatic heterocycles. The molecule has 0 radical (unpaired) electrons. The summed E-state index contributed by atoms with van der Waals surface area (Å²) >= 11 is 5.97. The molecule has 4 heteroatoms. The molecule has 0 aromatic heterocycles. The minimum atomic E-state index is -0.216. The highest BCUT2D eigenvalue weighted by atomic mass is 35.5. The number of hydrogen-bond donors (Lipinski definition) is 1. The van der Waals surface area contributed by atoms with Crippen molar-refractivity contribution >= 4 is 17.6 Å². The zero-order valence-corrected chi connectivity index (χ0v) is 11.9. The van der Waals surface area contributed by atoms with Crippen LogP contribution in [0.4, 0.5) is 0 Å². The summed E-state index contributed by atoms with van der Waals surface area (Å²) in [6, 6.07) is 7.35. The van der Waals surface area contributed by atoms with Gasteiger partial charge in [0.1, 0.15) is 6.61 Å². The molecule has 1 rings (SSSR count). The molecule has 18 heavy (non-hydrogen) atoms. The molecule has 0 saturated heterocycles. The SMILES string of the molecule is CC(C)(C)NCCC(=O)OCc1ccccc1Cl. The fourth-order valence-electron chi connectivity index (χ4n) is 1.39. The van der Waals surface area contributed by atoms with Crippen LogP contribution in [0, 0.1) is 0 Å². The van der Waals surface area contributed by atoms with Crippen molar-refractivity contribution in [2.75, 3.05) is 6.54 Å². The Kier molecular flexibility index (Phi) is 5.63. The predicted molar refractivity (Wildman–Crippen MR) is 73.6 cm³/mol. The molecule has 0 aliphatic carbocycles. The van der Waals surface area contributed by atoms with Crippen molar-refractivity contribution in [3.63, 3.8) is 0 Å². The van der Waals surface area contributed by atoms with Crippen LogP contribution in [0.25, 0.3) is 0 Å². The Balaban J connectivity index is 2.28. The summed E-state index contributed by atoms with van der Waals surface area (Å²) in [4.78, 5) is 11.5. The van der Waals surface area contributed by atoms with E-state index in [-0.39, 0.29) is 18.1 Å². The van der Waals surface area contributed by atoms with Crippen molar-refractivity contribution in [3.05, 3.63) is 34.9 Å². The highest BCUT2D eigenvalue weighted by Gasteiger charge is 2.10. The summed E-state index contributed by atoms with van der Waals surface area (Å²) in [6.07, 6.45) is 0.363. The number of rotatable bonds is 5. The largest absolute Gasteiger partial charge is 0.461 e. The van der Waals surface area contributed by atoms with E-state index in [1.54, 1.807) is 6.07 Å².